The fourth-order valence-corrected chi connectivity index (χ4v) is 5.62. The first kappa shape index (κ1) is 13.6. The van der Waals surface area contributed by atoms with Gasteiger partial charge in [0.05, 0.1) is 6.61 Å². The third kappa shape index (κ3) is 2.70. The number of hydrogen-bond acceptors (Lipinski definition) is 2. The molecule has 114 valence electrons. The highest BCUT2D eigenvalue weighted by Gasteiger charge is 2.51. The van der Waals surface area contributed by atoms with E-state index in [0.29, 0.717) is 12.0 Å². The van der Waals surface area contributed by atoms with Crippen LogP contribution in [0.1, 0.15) is 44.1 Å². The van der Waals surface area contributed by atoms with Gasteiger partial charge in [-0.2, -0.15) is 0 Å². The molecule has 0 unspecified atom stereocenters. The second-order valence-corrected chi connectivity index (χ2v) is 7.89. The molecular formula is C19H27NO. The lowest BCUT2D eigenvalue weighted by molar-refractivity contribution is -0.0745. The van der Waals surface area contributed by atoms with Crippen molar-refractivity contribution in [2.24, 2.45) is 28.9 Å². The summed E-state index contributed by atoms with van der Waals surface area (Å²) in [6, 6.07) is 8.54. The van der Waals surface area contributed by atoms with Crippen molar-refractivity contribution in [1.82, 2.24) is 0 Å². The van der Waals surface area contributed by atoms with Crippen LogP contribution in [0.5, 0.6) is 5.75 Å². The molecule has 0 atom stereocenters. The lowest BCUT2D eigenvalue weighted by Gasteiger charge is -2.56. The molecule has 2 heteroatoms. The largest absolute Gasteiger partial charge is 0.493 e. The monoisotopic (exact) mass is 285 g/mol. The zero-order chi connectivity index (χ0) is 14.3. The molecule has 2 nitrogen and oxygen atoms in total. The summed E-state index contributed by atoms with van der Waals surface area (Å²) in [5.74, 6) is 4.05. The minimum absolute atomic E-state index is 0.505. The topological polar surface area (TPSA) is 35.2 Å². The highest BCUT2D eigenvalue weighted by Crippen LogP contribution is 2.59. The summed E-state index contributed by atoms with van der Waals surface area (Å²) in [5, 5.41) is 0. The van der Waals surface area contributed by atoms with Gasteiger partial charge in [-0.3, -0.25) is 0 Å². The second-order valence-electron chi connectivity index (χ2n) is 7.89. The van der Waals surface area contributed by atoms with Gasteiger partial charge in [0.15, 0.2) is 0 Å². The van der Waals surface area contributed by atoms with Crippen molar-refractivity contribution in [3.8, 4) is 5.75 Å². The molecule has 4 saturated carbocycles. The smallest absolute Gasteiger partial charge is 0.119 e. The lowest BCUT2D eigenvalue weighted by atomic mass is 9.50. The van der Waals surface area contributed by atoms with Crippen molar-refractivity contribution in [2.75, 3.05) is 13.2 Å². The molecule has 4 aliphatic rings. The average molecular weight is 285 g/mol. The van der Waals surface area contributed by atoms with Gasteiger partial charge in [-0.1, -0.05) is 12.1 Å². The summed E-state index contributed by atoms with van der Waals surface area (Å²) >= 11 is 0. The Morgan fingerprint density at radius 3 is 2.05 bits per heavy atom. The lowest BCUT2D eigenvalue weighted by Crippen LogP contribution is -2.48. The predicted octanol–water partition coefficient (Wildman–Crippen LogP) is 3.78. The quantitative estimate of drug-likeness (QED) is 0.893. The van der Waals surface area contributed by atoms with Crippen molar-refractivity contribution in [3.63, 3.8) is 0 Å². The number of nitrogens with two attached hydrogens (primary N) is 1. The summed E-state index contributed by atoms with van der Waals surface area (Å²) in [6.07, 6.45) is 9.74. The Kier molecular flexibility index (Phi) is 3.45. The molecule has 0 spiro atoms. The van der Waals surface area contributed by atoms with Crippen molar-refractivity contribution in [3.05, 3.63) is 29.8 Å². The van der Waals surface area contributed by atoms with E-state index in [0.717, 1.165) is 36.5 Å². The molecule has 0 heterocycles. The van der Waals surface area contributed by atoms with Crippen LogP contribution >= 0.6 is 0 Å². The Balaban J connectivity index is 1.40. The summed E-state index contributed by atoms with van der Waals surface area (Å²) in [7, 11) is 0. The minimum Gasteiger partial charge on any atom is -0.493 e. The molecule has 21 heavy (non-hydrogen) atoms. The van der Waals surface area contributed by atoms with Crippen LogP contribution in [0.4, 0.5) is 0 Å². The van der Waals surface area contributed by atoms with Gasteiger partial charge in [0, 0.05) is 5.41 Å². The molecule has 4 fully saturated rings. The van der Waals surface area contributed by atoms with Crippen LogP contribution in [-0.2, 0) is 6.42 Å². The Bertz CT molecular complexity index is 458. The van der Waals surface area contributed by atoms with Crippen LogP contribution in [0.25, 0.3) is 0 Å². The third-order valence-electron chi connectivity index (χ3n) is 6.07. The van der Waals surface area contributed by atoms with Gasteiger partial charge in [-0.15, -0.1) is 0 Å². The van der Waals surface area contributed by atoms with E-state index in [1.165, 1.54) is 44.1 Å². The van der Waals surface area contributed by atoms with E-state index in [1.54, 1.807) is 0 Å². The van der Waals surface area contributed by atoms with Crippen LogP contribution in [0.2, 0.25) is 0 Å². The summed E-state index contributed by atoms with van der Waals surface area (Å²) in [6.45, 7) is 1.65. The van der Waals surface area contributed by atoms with Crippen LogP contribution in [0.3, 0.4) is 0 Å². The normalized spacial score (nSPS) is 36.9. The van der Waals surface area contributed by atoms with E-state index in [4.69, 9.17) is 10.5 Å². The molecule has 0 aromatic heterocycles. The fraction of sp³-hybridized carbons (Fsp3) is 0.684. The Morgan fingerprint density at radius 1 is 0.952 bits per heavy atom. The Hall–Kier alpha value is -1.02. The molecule has 4 aliphatic carbocycles. The van der Waals surface area contributed by atoms with Gasteiger partial charge in [0.25, 0.3) is 0 Å². The molecule has 5 rings (SSSR count). The first-order valence-electron chi connectivity index (χ1n) is 8.66. The number of hydrogen-bond donors (Lipinski definition) is 1. The summed E-state index contributed by atoms with van der Waals surface area (Å²) in [4.78, 5) is 0. The molecule has 0 aliphatic heterocycles. The van der Waals surface area contributed by atoms with Gasteiger partial charge in [0.2, 0.25) is 0 Å². The first-order chi connectivity index (χ1) is 10.2. The van der Waals surface area contributed by atoms with Gasteiger partial charge < -0.3 is 10.5 Å². The minimum atomic E-state index is 0.505. The molecule has 1 aromatic rings. The zero-order valence-electron chi connectivity index (χ0n) is 12.9. The number of rotatable bonds is 5. The first-order valence-corrected chi connectivity index (χ1v) is 8.66. The standard InChI is InChI=1S/C19H27NO/c20-6-5-14-1-3-18(4-2-14)21-13-19-10-15-7-16(11-19)9-17(8-15)12-19/h1-4,15-17H,5-13,20H2. The average Bonchev–Trinajstić information content (AvgIpc) is 2.46. The van der Waals surface area contributed by atoms with Crippen LogP contribution in [-0.4, -0.2) is 13.2 Å². The highest BCUT2D eigenvalue weighted by molar-refractivity contribution is 5.27. The van der Waals surface area contributed by atoms with Crippen molar-refractivity contribution >= 4 is 0 Å². The van der Waals surface area contributed by atoms with E-state index in [-0.39, 0.29) is 0 Å². The van der Waals surface area contributed by atoms with Crippen LogP contribution in [0.15, 0.2) is 24.3 Å². The molecular weight excluding hydrogens is 258 g/mol. The summed E-state index contributed by atoms with van der Waals surface area (Å²) < 4.78 is 6.19. The third-order valence-corrected chi connectivity index (χ3v) is 6.07. The van der Waals surface area contributed by atoms with Crippen molar-refractivity contribution in [2.45, 2.75) is 44.9 Å². The molecule has 0 saturated heterocycles. The van der Waals surface area contributed by atoms with Gasteiger partial charge >= 0.3 is 0 Å². The maximum Gasteiger partial charge on any atom is 0.119 e. The van der Waals surface area contributed by atoms with E-state index in [2.05, 4.69) is 24.3 Å². The molecule has 2 N–H and O–H groups in total. The molecule has 0 radical (unpaired) electrons. The van der Waals surface area contributed by atoms with E-state index in [1.807, 2.05) is 0 Å². The Labute approximate surface area is 128 Å². The highest BCUT2D eigenvalue weighted by atomic mass is 16.5. The zero-order valence-corrected chi connectivity index (χ0v) is 12.9. The van der Waals surface area contributed by atoms with E-state index >= 15 is 0 Å². The molecule has 4 bridgehead atoms. The van der Waals surface area contributed by atoms with Crippen LogP contribution < -0.4 is 10.5 Å². The summed E-state index contributed by atoms with van der Waals surface area (Å²) in [5.41, 5.74) is 7.41. The molecule has 1 aromatic carbocycles. The van der Waals surface area contributed by atoms with E-state index < -0.39 is 0 Å². The van der Waals surface area contributed by atoms with Gasteiger partial charge in [0.1, 0.15) is 5.75 Å². The van der Waals surface area contributed by atoms with Crippen molar-refractivity contribution < 1.29 is 4.74 Å². The van der Waals surface area contributed by atoms with E-state index in [9.17, 15) is 0 Å². The Morgan fingerprint density at radius 2 is 1.52 bits per heavy atom. The predicted molar refractivity (Wildman–Crippen MR) is 85.3 cm³/mol. The number of ether oxygens (including phenoxy) is 1. The van der Waals surface area contributed by atoms with Gasteiger partial charge in [-0.25, -0.2) is 0 Å². The maximum atomic E-state index is 6.19. The maximum absolute atomic E-state index is 6.19. The second kappa shape index (κ2) is 5.31. The molecule has 0 amide bonds. The van der Waals surface area contributed by atoms with Gasteiger partial charge in [-0.05, 0) is 86.9 Å². The number of benzene rings is 1. The fourth-order valence-electron chi connectivity index (χ4n) is 5.62. The SMILES string of the molecule is NCCc1ccc(OCC23CC4CC(CC(C4)C2)C3)cc1. The van der Waals surface area contributed by atoms with Crippen molar-refractivity contribution in [1.29, 1.82) is 0 Å². The van der Waals surface area contributed by atoms with Crippen LogP contribution in [0, 0.1) is 23.2 Å².